The summed E-state index contributed by atoms with van der Waals surface area (Å²) in [5, 5.41) is 6.45. The van der Waals surface area contributed by atoms with Gasteiger partial charge in [-0.3, -0.25) is 14.5 Å². The van der Waals surface area contributed by atoms with Crippen molar-refractivity contribution in [3.8, 4) is 0 Å². The first-order valence-corrected chi connectivity index (χ1v) is 10.4. The number of carbonyl (C=O) groups excluding carboxylic acids is 2. The Bertz CT molecular complexity index is 715. The molecule has 3 aliphatic heterocycles. The molecule has 6 nitrogen and oxygen atoms in total. The maximum absolute atomic E-state index is 12.7. The minimum absolute atomic E-state index is 0. The molecule has 1 aromatic carbocycles. The Labute approximate surface area is 174 Å². The van der Waals surface area contributed by atoms with Crippen LogP contribution in [0.3, 0.4) is 0 Å². The van der Waals surface area contributed by atoms with E-state index in [0.29, 0.717) is 11.1 Å². The van der Waals surface area contributed by atoms with Crippen molar-refractivity contribution in [2.45, 2.75) is 29.0 Å². The minimum atomic E-state index is -0.380. The summed E-state index contributed by atoms with van der Waals surface area (Å²) in [5.41, 5.74) is 0.733. The van der Waals surface area contributed by atoms with E-state index in [4.69, 9.17) is 11.6 Å². The summed E-state index contributed by atoms with van der Waals surface area (Å²) in [5.74, 6) is -0.0383. The number of likely N-dealkylation sites (tertiary alicyclic amines) is 1. The monoisotopic (exact) mass is 430 g/mol. The minimum Gasteiger partial charge on any atom is -0.341 e. The lowest BCUT2D eigenvalue weighted by Gasteiger charge is -2.32. The van der Waals surface area contributed by atoms with Crippen LogP contribution in [0.15, 0.2) is 23.1 Å². The van der Waals surface area contributed by atoms with Crippen LogP contribution in [-0.2, 0) is 9.59 Å². The van der Waals surface area contributed by atoms with E-state index in [9.17, 15) is 9.59 Å². The van der Waals surface area contributed by atoms with Gasteiger partial charge in [0.25, 0.3) is 0 Å². The third kappa shape index (κ3) is 4.71. The zero-order chi connectivity index (χ0) is 18.1. The van der Waals surface area contributed by atoms with Crippen LogP contribution in [0.4, 0.5) is 5.69 Å². The Hall–Kier alpha value is -0.990. The number of anilines is 1. The average Bonchev–Trinajstić information content (AvgIpc) is 3.13. The number of rotatable bonds is 3. The fourth-order valence-corrected chi connectivity index (χ4v) is 5.11. The lowest BCUT2D eigenvalue weighted by Crippen LogP contribution is -2.49. The van der Waals surface area contributed by atoms with Crippen LogP contribution in [-0.4, -0.2) is 72.2 Å². The van der Waals surface area contributed by atoms with Crippen molar-refractivity contribution in [1.29, 1.82) is 0 Å². The highest BCUT2D eigenvalue weighted by molar-refractivity contribution is 8.01. The van der Waals surface area contributed by atoms with Gasteiger partial charge in [0, 0.05) is 61.6 Å². The van der Waals surface area contributed by atoms with E-state index in [1.54, 1.807) is 6.07 Å². The number of carbonyl (C=O) groups is 2. The summed E-state index contributed by atoms with van der Waals surface area (Å²) >= 11 is 7.43. The first-order valence-electron chi connectivity index (χ1n) is 9.10. The van der Waals surface area contributed by atoms with Crippen molar-refractivity contribution in [2.24, 2.45) is 0 Å². The molecule has 0 radical (unpaired) electrons. The number of halogens is 2. The molecule has 1 aromatic rings. The highest BCUT2D eigenvalue weighted by Gasteiger charge is 2.34. The van der Waals surface area contributed by atoms with Gasteiger partial charge in [-0.05, 0) is 24.6 Å². The van der Waals surface area contributed by atoms with Gasteiger partial charge >= 0.3 is 0 Å². The second kappa shape index (κ2) is 9.01. The number of fused-ring (bicyclic) bond motifs is 1. The van der Waals surface area contributed by atoms with Crippen LogP contribution in [0.1, 0.15) is 12.8 Å². The van der Waals surface area contributed by atoms with E-state index >= 15 is 0 Å². The van der Waals surface area contributed by atoms with E-state index in [-0.39, 0.29) is 35.9 Å². The molecule has 2 atom stereocenters. The highest BCUT2D eigenvalue weighted by atomic mass is 35.5. The second-order valence-corrected chi connectivity index (χ2v) is 8.69. The number of piperazine rings is 1. The normalized spacial score (nSPS) is 25.5. The van der Waals surface area contributed by atoms with Gasteiger partial charge in [0.05, 0.1) is 10.9 Å². The smallest absolute Gasteiger partial charge is 0.238 e. The number of hydrogen-bond donors (Lipinski definition) is 2. The lowest BCUT2D eigenvalue weighted by atomic mass is 10.2. The molecule has 148 valence electrons. The molecule has 0 bridgehead atoms. The summed E-state index contributed by atoms with van der Waals surface area (Å²) in [6.45, 7) is 5.71. The largest absolute Gasteiger partial charge is 0.341 e. The first kappa shape index (κ1) is 20.7. The second-order valence-electron chi connectivity index (χ2n) is 7.01. The van der Waals surface area contributed by atoms with Crippen LogP contribution in [0.5, 0.6) is 0 Å². The molecule has 27 heavy (non-hydrogen) atoms. The SMILES string of the molecule is Cl.O=C1Nc2cc(Cl)ccc2SC1CC(=O)N1CCC(N2CCNCC2)C1. The van der Waals surface area contributed by atoms with Crippen molar-refractivity contribution in [3.05, 3.63) is 23.2 Å². The van der Waals surface area contributed by atoms with Crippen LogP contribution in [0.2, 0.25) is 5.02 Å². The van der Waals surface area contributed by atoms with Gasteiger partial charge in [0.1, 0.15) is 0 Å². The standard InChI is InChI=1S/C18H23ClN4O2S.ClH/c19-12-1-2-15-14(9-12)21-18(25)16(26-15)10-17(24)23-6-3-13(11-23)22-7-4-20-5-8-22;/h1-2,9,13,16,20H,3-8,10-11H2,(H,21,25);1H. The van der Waals surface area contributed by atoms with Gasteiger partial charge in [-0.15, -0.1) is 24.2 Å². The van der Waals surface area contributed by atoms with E-state index in [1.807, 2.05) is 17.0 Å². The van der Waals surface area contributed by atoms with Crippen LogP contribution in [0, 0.1) is 0 Å². The molecule has 0 aromatic heterocycles. The number of nitrogens with one attached hydrogen (secondary N) is 2. The third-order valence-electron chi connectivity index (χ3n) is 5.31. The van der Waals surface area contributed by atoms with Crippen molar-refractivity contribution in [3.63, 3.8) is 0 Å². The molecule has 2 amide bonds. The third-order valence-corrected chi connectivity index (χ3v) is 6.82. The number of nitrogens with zero attached hydrogens (tertiary/aromatic N) is 2. The van der Waals surface area contributed by atoms with Gasteiger partial charge in [-0.25, -0.2) is 0 Å². The molecule has 3 aliphatic rings. The van der Waals surface area contributed by atoms with E-state index in [1.165, 1.54) is 11.8 Å². The van der Waals surface area contributed by atoms with Gasteiger partial charge in [-0.2, -0.15) is 0 Å². The maximum atomic E-state index is 12.7. The number of benzene rings is 1. The van der Waals surface area contributed by atoms with Gasteiger partial charge in [0.15, 0.2) is 0 Å². The summed E-state index contributed by atoms with van der Waals surface area (Å²) in [4.78, 5) is 30.5. The van der Waals surface area contributed by atoms with Gasteiger partial charge < -0.3 is 15.5 Å². The predicted octanol–water partition coefficient (Wildman–Crippen LogP) is 2.07. The van der Waals surface area contributed by atoms with Crippen molar-refractivity contribution in [1.82, 2.24) is 15.1 Å². The number of thioether (sulfide) groups is 1. The Balaban J connectivity index is 0.00000210. The Morgan fingerprint density at radius 1 is 1.26 bits per heavy atom. The van der Waals surface area contributed by atoms with Crippen molar-refractivity contribution < 1.29 is 9.59 Å². The molecule has 0 aliphatic carbocycles. The summed E-state index contributed by atoms with van der Waals surface area (Å²) in [6.07, 6.45) is 1.27. The fraction of sp³-hybridized carbons (Fsp3) is 0.556. The van der Waals surface area contributed by atoms with E-state index < -0.39 is 0 Å². The van der Waals surface area contributed by atoms with E-state index in [0.717, 1.165) is 56.3 Å². The first-order chi connectivity index (χ1) is 12.6. The Kier molecular flexibility index (Phi) is 6.92. The molecule has 2 saturated heterocycles. The molecule has 9 heteroatoms. The fourth-order valence-electron chi connectivity index (χ4n) is 3.86. The number of amides is 2. The molecule has 2 N–H and O–H groups in total. The molecule has 4 rings (SSSR count). The van der Waals surface area contributed by atoms with Crippen molar-refractivity contribution in [2.75, 3.05) is 44.6 Å². The lowest BCUT2D eigenvalue weighted by molar-refractivity contribution is -0.131. The average molecular weight is 431 g/mol. The summed E-state index contributed by atoms with van der Waals surface area (Å²) in [7, 11) is 0. The number of hydrogen-bond acceptors (Lipinski definition) is 5. The van der Waals surface area contributed by atoms with Crippen LogP contribution < -0.4 is 10.6 Å². The zero-order valence-electron chi connectivity index (χ0n) is 14.9. The van der Waals surface area contributed by atoms with Gasteiger partial charge in [-0.1, -0.05) is 11.6 Å². The Morgan fingerprint density at radius 3 is 2.81 bits per heavy atom. The highest BCUT2D eigenvalue weighted by Crippen LogP contribution is 2.38. The molecule has 0 spiro atoms. The molecule has 3 heterocycles. The summed E-state index contributed by atoms with van der Waals surface area (Å²) < 4.78 is 0. The molecule has 0 saturated carbocycles. The predicted molar refractivity (Wildman–Crippen MR) is 111 cm³/mol. The van der Waals surface area contributed by atoms with E-state index in [2.05, 4.69) is 15.5 Å². The topological polar surface area (TPSA) is 64.7 Å². The Morgan fingerprint density at radius 2 is 2.04 bits per heavy atom. The zero-order valence-corrected chi connectivity index (χ0v) is 17.3. The maximum Gasteiger partial charge on any atom is 0.238 e. The molecular weight excluding hydrogens is 407 g/mol. The van der Waals surface area contributed by atoms with Crippen LogP contribution in [0.25, 0.3) is 0 Å². The quantitative estimate of drug-likeness (QED) is 0.768. The molecule has 2 fully saturated rings. The van der Waals surface area contributed by atoms with Gasteiger partial charge in [0.2, 0.25) is 11.8 Å². The molecular formula is C18H24Cl2N4O2S. The summed E-state index contributed by atoms with van der Waals surface area (Å²) in [6, 6.07) is 5.91. The van der Waals surface area contributed by atoms with Crippen LogP contribution >= 0.6 is 35.8 Å². The molecule has 2 unspecified atom stereocenters. The van der Waals surface area contributed by atoms with Crippen molar-refractivity contribution >= 4 is 53.3 Å².